The summed E-state index contributed by atoms with van der Waals surface area (Å²) in [6.07, 6.45) is 5.63. The van der Waals surface area contributed by atoms with Crippen LogP contribution in [0.5, 0.6) is 0 Å². The molecule has 0 unspecified atom stereocenters. The van der Waals surface area contributed by atoms with Crippen molar-refractivity contribution in [1.29, 1.82) is 0 Å². The summed E-state index contributed by atoms with van der Waals surface area (Å²) in [5.74, 6) is 0.558. The van der Waals surface area contributed by atoms with Crippen molar-refractivity contribution in [2.75, 3.05) is 4.72 Å². The molecule has 1 aromatic heterocycles. The normalized spacial score (nSPS) is 12.3. The fourth-order valence-corrected chi connectivity index (χ4v) is 5.21. The molecule has 4 rings (SSSR count). The first-order valence-electron chi connectivity index (χ1n) is 10.4. The Balaban J connectivity index is 1.96. The van der Waals surface area contributed by atoms with Gasteiger partial charge in [-0.15, -0.1) is 0 Å². The number of aromatic nitrogens is 2. The third-order valence-electron chi connectivity index (χ3n) is 5.43. The van der Waals surface area contributed by atoms with Gasteiger partial charge in [0.15, 0.2) is 0 Å². The van der Waals surface area contributed by atoms with Crippen LogP contribution in [0.3, 0.4) is 0 Å². The first kappa shape index (κ1) is 25.0. The predicted octanol–water partition coefficient (Wildman–Crippen LogP) is 5.63. The van der Waals surface area contributed by atoms with Gasteiger partial charge in [0, 0.05) is 39.8 Å². The van der Waals surface area contributed by atoms with Crippen molar-refractivity contribution >= 4 is 31.6 Å². The van der Waals surface area contributed by atoms with Crippen molar-refractivity contribution in [3.8, 4) is 22.3 Å². The SMILES string of the molecule is CCCc1nccc(=O)n1Cc1c2ccocc-2c(Br)c1-c1ccccc1NS(=O)(=O)C(F)(F)F. The Morgan fingerprint density at radius 3 is 2.57 bits per heavy atom. The summed E-state index contributed by atoms with van der Waals surface area (Å²) in [7, 11) is -5.67. The summed E-state index contributed by atoms with van der Waals surface area (Å²) in [4.78, 5) is 17.1. The van der Waals surface area contributed by atoms with Crippen LogP contribution in [-0.4, -0.2) is 23.5 Å². The lowest BCUT2D eigenvalue weighted by Gasteiger charge is -2.17. The van der Waals surface area contributed by atoms with E-state index in [-0.39, 0.29) is 23.4 Å². The van der Waals surface area contributed by atoms with Crippen LogP contribution >= 0.6 is 15.9 Å². The van der Waals surface area contributed by atoms with E-state index in [0.29, 0.717) is 39.0 Å². The fraction of sp³-hybridized carbons (Fsp3) is 0.217. The molecule has 0 atom stereocenters. The van der Waals surface area contributed by atoms with Gasteiger partial charge in [-0.2, -0.15) is 21.6 Å². The molecule has 0 saturated carbocycles. The zero-order chi connectivity index (χ0) is 25.4. The largest absolute Gasteiger partial charge is 0.516 e. The van der Waals surface area contributed by atoms with E-state index in [2.05, 4.69) is 20.9 Å². The van der Waals surface area contributed by atoms with Crippen molar-refractivity contribution in [1.82, 2.24) is 9.55 Å². The van der Waals surface area contributed by atoms with Crippen molar-refractivity contribution in [3.63, 3.8) is 0 Å². The van der Waals surface area contributed by atoms with Crippen LogP contribution in [0, 0.1) is 0 Å². The number of rotatable bonds is 7. The van der Waals surface area contributed by atoms with Gasteiger partial charge in [0.2, 0.25) is 0 Å². The summed E-state index contributed by atoms with van der Waals surface area (Å²) in [6.45, 7) is 2.01. The van der Waals surface area contributed by atoms with Crippen molar-refractivity contribution in [2.24, 2.45) is 0 Å². The minimum absolute atomic E-state index is 0.0593. The second-order valence-electron chi connectivity index (χ2n) is 7.68. The number of hydrogen-bond acceptors (Lipinski definition) is 5. The van der Waals surface area contributed by atoms with Crippen LogP contribution < -0.4 is 10.3 Å². The molecule has 0 bridgehead atoms. The molecular weight excluding hydrogens is 551 g/mol. The smallest absolute Gasteiger partial charge is 0.472 e. The number of halogens is 4. The van der Waals surface area contributed by atoms with Crippen LogP contribution in [0.4, 0.5) is 18.9 Å². The molecule has 0 radical (unpaired) electrons. The molecule has 184 valence electrons. The monoisotopic (exact) mass is 569 g/mol. The number of para-hydroxylation sites is 1. The second-order valence-corrected chi connectivity index (χ2v) is 10.2. The van der Waals surface area contributed by atoms with Crippen LogP contribution in [0.25, 0.3) is 22.3 Å². The highest BCUT2D eigenvalue weighted by molar-refractivity contribution is 9.10. The average Bonchev–Trinajstić information content (AvgIpc) is 3.07. The molecule has 0 spiro atoms. The zero-order valence-corrected chi connectivity index (χ0v) is 20.7. The number of nitrogens with one attached hydrogen (secondary N) is 1. The molecule has 2 aromatic rings. The van der Waals surface area contributed by atoms with Gasteiger partial charge < -0.3 is 4.42 Å². The lowest BCUT2D eigenvalue weighted by Crippen LogP contribution is -2.30. The maximum absolute atomic E-state index is 13.1. The van der Waals surface area contributed by atoms with E-state index in [4.69, 9.17) is 4.42 Å². The van der Waals surface area contributed by atoms with E-state index >= 15 is 0 Å². The van der Waals surface area contributed by atoms with Gasteiger partial charge in [-0.3, -0.25) is 14.1 Å². The summed E-state index contributed by atoms with van der Waals surface area (Å²) < 4.78 is 72.0. The first-order valence-corrected chi connectivity index (χ1v) is 12.7. The third-order valence-corrected chi connectivity index (χ3v) is 7.35. The van der Waals surface area contributed by atoms with Gasteiger partial charge in [0.05, 0.1) is 24.8 Å². The number of sulfonamides is 1. The van der Waals surface area contributed by atoms with Gasteiger partial charge in [-0.1, -0.05) is 25.1 Å². The minimum atomic E-state index is -5.67. The molecule has 0 saturated heterocycles. The molecule has 0 fully saturated rings. The highest BCUT2D eigenvalue weighted by Crippen LogP contribution is 2.48. The lowest BCUT2D eigenvalue weighted by atomic mass is 10.0. The molecule has 0 amide bonds. The summed E-state index contributed by atoms with van der Waals surface area (Å²) in [5, 5.41) is 0. The van der Waals surface area contributed by atoms with Crippen molar-refractivity contribution in [3.05, 3.63) is 81.3 Å². The van der Waals surface area contributed by atoms with E-state index in [0.717, 1.165) is 6.42 Å². The summed E-state index contributed by atoms with van der Waals surface area (Å²) in [6, 6.07) is 8.77. The van der Waals surface area contributed by atoms with E-state index in [1.54, 1.807) is 16.9 Å². The number of hydrogen-bond donors (Lipinski definition) is 1. The van der Waals surface area contributed by atoms with Crippen LogP contribution in [0.1, 0.15) is 24.7 Å². The Labute approximate surface area is 207 Å². The topological polar surface area (TPSA) is 94.2 Å². The molecule has 7 nitrogen and oxygen atoms in total. The van der Waals surface area contributed by atoms with E-state index in [1.165, 1.54) is 47.6 Å². The minimum Gasteiger partial charge on any atom is -0.472 e. The molecule has 2 heterocycles. The quantitative estimate of drug-likeness (QED) is 0.311. The summed E-state index contributed by atoms with van der Waals surface area (Å²) >= 11 is 3.51. The molecule has 12 heteroatoms. The Kier molecular flexibility index (Phi) is 6.78. The summed E-state index contributed by atoms with van der Waals surface area (Å²) in [5.41, 5.74) is -3.52. The molecule has 1 N–H and O–H groups in total. The highest BCUT2D eigenvalue weighted by atomic mass is 79.9. The van der Waals surface area contributed by atoms with E-state index in [9.17, 15) is 26.4 Å². The Morgan fingerprint density at radius 1 is 1.11 bits per heavy atom. The molecule has 2 aliphatic rings. The maximum Gasteiger partial charge on any atom is 0.516 e. The van der Waals surface area contributed by atoms with Crippen molar-refractivity contribution in [2.45, 2.75) is 31.8 Å². The van der Waals surface area contributed by atoms with E-state index < -0.39 is 15.5 Å². The molecule has 1 aliphatic heterocycles. The van der Waals surface area contributed by atoms with Gasteiger partial charge in [-0.25, -0.2) is 4.98 Å². The number of aryl methyl sites for hydroxylation is 1. The standard InChI is InChI=1S/C23H19BrF3N3O4S/c1-2-5-19-28-10-8-20(31)30(19)12-16-14-9-11-34-13-17(14)22(24)21(16)15-6-3-4-7-18(15)29-35(32,33)23(25,26)27/h3-4,6-11,13,29H,2,5,12H2,1H3. The number of fused-ring (bicyclic) bond motifs is 1. The number of nitrogens with zero attached hydrogens (tertiary/aromatic N) is 2. The Hall–Kier alpha value is -3.12. The first-order chi connectivity index (χ1) is 16.5. The zero-order valence-electron chi connectivity index (χ0n) is 18.3. The van der Waals surface area contributed by atoms with Gasteiger partial charge in [0.1, 0.15) is 5.82 Å². The average molecular weight is 570 g/mol. The fourth-order valence-electron chi connectivity index (χ4n) is 3.86. The van der Waals surface area contributed by atoms with Crippen molar-refractivity contribution < 1.29 is 26.0 Å². The lowest BCUT2D eigenvalue weighted by molar-refractivity contribution is -0.0429. The number of benzene rings is 1. The molecule has 1 aliphatic carbocycles. The molecule has 35 heavy (non-hydrogen) atoms. The predicted molar refractivity (Wildman–Crippen MR) is 129 cm³/mol. The third kappa shape index (κ3) is 4.72. The van der Waals surface area contributed by atoms with Gasteiger partial charge >= 0.3 is 15.5 Å². The Bertz CT molecular complexity index is 1510. The number of alkyl halides is 3. The van der Waals surface area contributed by atoms with Crippen LogP contribution in [0.2, 0.25) is 0 Å². The van der Waals surface area contributed by atoms with Crippen LogP contribution in [-0.2, 0) is 23.0 Å². The molecule has 1 aromatic carbocycles. The van der Waals surface area contributed by atoms with Gasteiger partial charge in [0.25, 0.3) is 5.56 Å². The second kappa shape index (κ2) is 9.50. The molecular formula is C23H19BrF3N3O4S. The van der Waals surface area contributed by atoms with Gasteiger partial charge in [-0.05, 0) is 45.6 Å². The number of anilines is 1. The Morgan fingerprint density at radius 2 is 1.86 bits per heavy atom. The maximum atomic E-state index is 13.1. The van der Waals surface area contributed by atoms with E-state index in [1.807, 2.05) is 6.92 Å². The van der Waals surface area contributed by atoms with Crippen LogP contribution in [0.15, 0.2) is 68.8 Å². The highest BCUT2D eigenvalue weighted by Gasteiger charge is 2.46.